The molecule has 122 valence electrons. The molecule has 2 atom stereocenters. The van der Waals surface area contributed by atoms with Gasteiger partial charge < -0.3 is 5.11 Å². The largest absolute Gasteiger partial charge is 0.481 e. The zero-order valence-electron chi connectivity index (χ0n) is 13.0. The fourth-order valence-corrected chi connectivity index (χ4v) is 4.36. The van der Waals surface area contributed by atoms with E-state index in [4.69, 9.17) is 11.6 Å². The lowest BCUT2D eigenvalue weighted by Crippen LogP contribution is -2.45. The van der Waals surface area contributed by atoms with E-state index in [9.17, 15) is 9.90 Å². The third kappa shape index (κ3) is 3.77. The maximum Gasteiger partial charge on any atom is 0.308 e. The van der Waals surface area contributed by atoms with Crippen molar-refractivity contribution in [1.29, 1.82) is 0 Å². The quantitative estimate of drug-likeness (QED) is 0.865. The predicted octanol–water partition coefficient (Wildman–Crippen LogP) is 4.75. The lowest BCUT2D eigenvalue weighted by atomic mass is 9.90. The summed E-state index contributed by atoms with van der Waals surface area (Å²) < 4.78 is 0. The van der Waals surface area contributed by atoms with Crippen molar-refractivity contribution in [2.24, 2.45) is 5.92 Å². The van der Waals surface area contributed by atoms with Crippen molar-refractivity contribution in [2.75, 3.05) is 6.54 Å². The maximum atomic E-state index is 11.3. The first-order valence-corrected chi connectivity index (χ1v) is 9.05. The smallest absolute Gasteiger partial charge is 0.308 e. The molecule has 2 heterocycles. The van der Waals surface area contributed by atoms with E-state index in [1.54, 1.807) is 11.3 Å². The fraction of sp³-hybridized carbons (Fsp3) is 0.389. The molecule has 1 fully saturated rings. The van der Waals surface area contributed by atoms with Crippen LogP contribution in [0, 0.1) is 5.92 Å². The van der Waals surface area contributed by atoms with E-state index in [0.717, 1.165) is 31.0 Å². The van der Waals surface area contributed by atoms with Crippen molar-refractivity contribution < 1.29 is 9.90 Å². The van der Waals surface area contributed by atoms with Crippen LogP contribution in [0.2, 0.25) is 5.02 Å². The number of hydrogen-bond acceptors (Lipinski definition) is 3. The number of rotatable bonds is 4. The first-order chi connectivity index (χ1) is 11.0. The van der Waals surface area contributed by atoms with Crippen LogP contribution in [-0.4, -0.2) is 28.6 Å². The molecule has 3 rings (SSSR count). The van der Waals surface area contributed by atoms with Crippen molar-refractivity contribution in [3.05, 3.63) is 46.3 Å². The number of halogens is 1. The Morgan fingerprint density at radius 2 is 2.04 bits per heavy atom. The lowest BCUT2D eigenvalue weighted by Gasteiger charge is -2.37. The van der Waals surface area contributed by atoms with Gasteiger partial charge in [-0.3, -0.25) is 9.69 Å². The van der Waals surface area contributed by atoms with Gasteiger partial charge >= 0.3 is 5.97 Å². The summed E-state index contributed by atoms with van der Waals surface area (Å²) in [7, 11) is 0. The molecule has 1 N–H and O–H groups in total. The van der Waals surface area contributed by atoms with E-state index < -0.39 is 5.97 Å². The van der Waals surface area contributed by atoms with Gasteiger partial charge in [0.1, 0.15) is 0 Å². The molecule has 1 aromatic carbocycles. The Labute approximate surface area is 145 Å². The Morgan fingerprint density at radius 3 is 2.74 bits per heavy atom. The third-order valence-corrected chi connectivity index (χ3v) is 5.96. The van der Waals surface area contributed by atoms with Crippen LogP contribution in [-0.2, 0) is 11.3 Å². The summed E-state index contributed by atoms with van der Waals surface area (Å²) in [5.74, 6) is -0.922. The van der Waals surface area contributed by atoms with E-state index in [0.29, 0.717) is 0 Å². The Morgan fingerprint density at radius 1 is 1.30 bits per heavy atom. The molecule has 0 saturated carbocycles. The molecule has 0 aliphatic carbocycles. The molecule has 1 aromatic heterocycles. The average molecular weight is 350 g/mol. The summed E-state index contributed by atoms with van der Waals surface area (Å²) in [4.78, 5) is 16.1. The minimum Gasteiger partial charge on any atom is -0.481 e. The van der Waals surface area contributed by atoms with Gasteiger partial charge in [0.2, 0.25) is 0 Å². The summed E-state index contributed by atoms with van der Waals surface area (Å²) in [6, 6.07) is 12.2. The number of thiophene rings is 1. The summed E-state index contributed by atoms with van der Waals surface area (Å²) in [5.41, 5.74) is 1.17. The topological polar surface area (TPSA) is 40.5 Å². The minimum absolute atomic E-state index is 0.0855. The Kier molecular flexibility index (Phi) is 5.05. The van der Waals surface area contributed by atoms with E-state index in [1.165, 1.54) is 15.3 Å². The Bertz CT molecular complexity index is 683. The van der Waals surface area contributed by atoms with Gasteiger partial charge in [-0.05, 0) is 56.1 Å². The zero-order chi connectivity index (χ0) is 16.4. The van der Waals surface area contributed by atoms with Gasteiger partial charge in [0.15, 0.2) is 0 Å². The molecule has 0 radical (unpaired) electrons. The van der Waals surface area contributed by atoms with E-state index in [2.05, 4.69) is 17.0 Å². The first kappa shape index (κ1) is 16.5. The molecule has 0 bridgehead atoms. The second-order valence-corrected chi connectivity index (χ2v) is 7.68. The molecule has 23 heavy (non-hydrogen) atoms. The maximum absolute atomic E-state index is 11.3. The number of carboxylic acid groups (broad SMARTS) is 1. The van der Waals surface area contributed by atoms with Crippen LogP contribution in [0.3, 0.4) is 0 Å². The molecule has 1 aliphatic heterocycles. The first-order valence-electron chi connectivity index (χ1n) is 7.86. The van der Waals surface area contributed by atoms with Crippen molar-refractivity contribution >= 4 is 28.9 Å². The zero-order valence-corrected chi connectivity index (χ0v) is 14.6. The number of benzene rings is 1. The Hall–Kier alpha value is -1.36. The van der Waals surface area contributed by atoms with Gasteiger partial charge in [-0.2, -0.15) is 0 Å². The summed E-state index contributed by atoms with van der Waals surface area (Å²) in [6.45, 7) is 3.83. The molecule has 2 aromatic rings. The van der Waals surface area contributed by atoms with Gasteiger partial charge in [-0.1, -0.05) is 23.7 Å². The average Bonchev–Trinajstić information content (AvgIpc) is 2.98. The third-order valence-electron chi connectivity index (χ3n) is 4.59. The number of piperidine rings is 1. The van der Waals surface area contributed by atoms with Crippen LogP contribution in [0.25, 0.3) is 10.4 Å². The number of aliphatic carboxylic acids is 1. The van der Waals surface area contributed by atoms with Gasteiger partial charge in [0, 0.05) is 27.4 Å². The van der Waals surface area contributed by atoms with E-state index in [-0.39, 0.29) is 12.0 Å². The molecule has 1 saturated heterocycles. The van der Waals surface area contributed by atoms with Crippen LogP contribution in [0.5, 0.6) is 0 Å². The van der Waals surface area contributed by atoms with Gasteiger partial charge in [-0.25, -0.2) is 0 Å². The minimum atomic E-state index is -0.671. The van der Waals surface area contributed by atoms with Crippen LogP contribution < -0.4 is 0 Å². The fourth-order valence-electron chi connectivity index (χ4n) is 3.20. The number of hydrogen-bond donors (Lipinski definition) is 1. The highest BCUT2D eigenvalue weighted by Crippen LogP contribution is 2.32. The van der Waals surface area contributed by atoms with Crippen LogP contribution >= 0.6 is 22.9 Å². The van der Waals surface area contributed by atoms with Crippen molar-refractivity contribution in [1.82, 2.24) is 4.90 Å². The number of likely N-dealkylation sites (tertiary alicyclic amines) is 1. The molecule has 5 heteroatoms. The highest BCUT2D eigenvalue weighted by Gasteiger charge is 2.32. The lowest BCUT2D eigenvalue weighted by molar-refractivity contribution is -0.145. The second-order valence-electron chi connectivity index (χ2n) is 6.07. The van der Waals surface area contributed by atoms with Crippen LogP contribution in [0.1, 0.15) is 24.6 Å². The molecule has 1 aliphatic rings. The van der Waals surface area contributed by atoms with Crippen molar-refractivity contribution in [3.63, 3.8) is 0 Å². The number of carboxylic acids is 1. The van der Waals surface area contributed by atoms with E-state index in [1.807, 2.05) is 31.2 Å². The molecule has 0 amide bonds. The highest BCUT2D eigenvalue weighted by molar-refractivity contribution is 7.15. The van der Waals surface area contributed by atoms with Gasteiger partial charge in [0.05, 0.1) is 5.92 Å². The van der Waals surface area contributed by atoms with Crippen molar-refractivity contribution in [3.8, 4) is 10.4 Å². The highest BCUT2D eigenvalue weighted by atomic mass is 35.5. The van der Waals surface area contributed by atoms with Gasteiger partial charge in [0.25, 0.3) is 0 Å². The number of nitrogens with zero attached hydrogens (tertiary/aromatic N) is 1. The van der Waals surface area contributed by atoms with Crippen LogP contribution in [0.4, 0.5) is 0 Å². The summed E-state index contributed by atoms with van der Waals surface area (Å²) >= 11 is 7.70. The molecule has 0 unspecified atom stereocenters. The summed E-state index contributed by atoms with van der Waals surface area (Å²) in [6.07, 6.45) is 1.74. The van der Waals surface area contributed by atoms with Crippen LogP contribution in [0.15, 0.2) is 36.4 Å². The molecule has 3 nitrogen and oxygen atoms in total. The molecule has 0 spiro atoms. The second kappa shape index (κ2) is 7.04. The van der Waals surface area contributed by atoms with Crippen molar-refractivity contribution in [2.45, 2.75) is 32.4 Å². The number of carbonyl (C=O) groups is 1. The standard InChI is InChI=1S/C18H20ClNO2S/c1-12-16(18(21)22)3-2-10-20(12)11-15-8-9-17(23-15)13-4-6-14(19)7-5-13/h4-9,12,16H,2-3,10-11H2,1H3,(H,21,22)/t12-,16-/m1/s1. The van der Waals surface area contributed by atoms with E-state index >= 15 is 0 Å². The molecular weight excluding hydrogens is 330 g/mol. The molecular formula is C18H20ClNO2S. The predicted molar refractivity (Wildman–Crippen MR) is 95.0 cm³/mol. The van der Waals surface area contributed by atoms with Gasteiger partial charge in [-0.15, -0.1) is 11.3 Å². The SMILES string of the molecule is C[C@@H]1[C@H](C(=O)O)CCCN1Cc1ccc(-c2ccc(Cl)cc2)s1. The normalized spacial score (nSPS) is 22.2. The Balaban J connectivity index is 1.71. The summed E-state index contributed by atoms with van der Waals surface area (Å²) in [5, 5.41) is 10.1. The monoisotopic (exact) mass is 349 g/mol.